The molecule has 1 aliphatic heterocycles. The van der Waals surface area contributed by atoms with Gasteiger partial charge in [-0.15, -0.1) is 11.3 Å². The first-order valence-corrected chi connectivity index (χ1v) is 21.0. The van der Waals surface area contributed by atoms with E-state index in [1.165, 1.54) is 80.5 Å². The minimum Gasteiger partial charge on any atom is -0.368 e. The molecule has 9 aromatic carbocycles. The summed E-state index contributed by atoms with van der Waals surface area (Å²) in [5.41, 5.74) is 13.1. The number of fused-ring (bicyclic) bond motifs is 5. The van der Waals surface area contributed by atoms with Gasteiger partial charge in [0.25, 0.3) is 0 Å². The lowest BCUT2D eigenvalue weighted by molar-refractivity contribution is 1.14. The second kappa shape index (κ2) is 14.2. The number of nitrogens with one attached hydrogen (secondary N) is 1. The molecule has 11 rings (SSSR count). The van der Waals surface area contributed by atoms with E-state index >= 15 is 0 Å². The van der Waals surface area contributed by atoms with Crippen molar-refractivity contribution in [3.63, 3.8) is 0 Å². The van der Waals surface area contributed by atoms with Crippen LogP contribution in [0.1, 0.15) is 10.9 Å². The zero-order valence-electron chi connectivity index (χ0n) is 31.0. The molecule has 1 aliphatic rings. The van der Waals surface area contributed by atoms with Crippen LogP contribution in [0.2, 0.25) is 0 Å². The molecule has 0 radical (unpaired) electrons. The van der Waals surface area contributed by atoms with E-state index in [-0.39, 0.29) is 5.37 Å². The van der Waals surface area contributed by atoms with Gasteiger partial charge < -0.3 is 10.2 Å². The predicted octanol–water partition coefficient (Wildman–Crippen LogP) is 15.9. The van der Waals surface area contributed by atoms with Crippen LogP contribution >= 0.6 is 23.1 Å². The summed E-state index contributed by atoms with van der Waals surface area (Å²) in [6.45, 7) is 0. The van der Waals surface area contributed by atoms with E-state index in [1.807, 2.05) is 23.1 Å². The Morgan fingerprint density at radius 2 is 1.04 bits per heavy atom. The first kappa shape index (κ1) is 33.7. The summed E-state index contributed by atoms with van der Waals surface area (Å²) in [7, 11) is 0. The number of rotatable bonds is 7. The van der Waals surface area contributed by atoms with Gasteiger partial charge in [-0.25, -0.2) is 0 Å². The number of anilines is 4. The molecule has 0 amide bonds. The Labute approximate surface area is 340 Å². The van der Waals surface area contributed by atoms with Crippen molar-refractivity contribution >= 4 is 76.8 Å². The maximum absolute atomic E-state index is 3.78. The molecule has 2 nitrogen and oxygen atoms in total. The number of hydrogen-bond acceptors (Lipinski definition) is 4. The molecule has 57 heavy (non-hydrogen) atoms. The van der Waals surface area contributed by atoms with Crippen LogP contribution in [-0.4, -0.2) is 0 Å². The smallest absolute Gasteiger partial charge is 0.103 e. The molecule has 10 aromatic rings. The molecule has 0 spiro atoms. The normalized spacial score (nSPS) is 13.5. The third-order valence-electron chi connectivity index (χ3n) is 11.1. The largest absolute Gasteiger partial charge is 0.368 e. The number of hydrogen-bond donors (Lipinski definition) is 1. The second-order valence-corrected chi connectivity index (χ2v) is 16.8. The number of benzene rings is 9. The Morgan fingerprint density at radius 3 is 1.84 bits per heavy atom. The summed E-state index contributed by atoms with van der Waals surface area (Å²) >= 11 is 3.77. The van der Waals surface area contributed by atoms with Crippen LogP contribution in [0, 0.1) is 0 Å². The summed E-state index contributed by atoms with van der Waals surface area (Å²) in [6, 6.07) is 75.3. The molecule has 4 heteroatoms. The first-order valence-electron chi connectivity index (χ1n) is 19.4. The molecule has 1 unspecified atom stereocenters. The quantitative estimate of drug-likeness (QED) is 0.174. The molecule has 0 saturated carbocycles. The SMILES string of the molecule is c1ccc(-c2ccc(N(c3ccc(-c4cccc5ccccc45)c(-c4ccccc4)c3)c3ccc4sc5cc6c(cc5c4c3)SC(c3ccccc3)N6)cc2)cc1. The molecule has 1 N–H and O–H groups in total. The number of thioether (sulfide) groups is 1. The number of nitrogens with zero attached hydrogens (tertiary/aromatic N) is 1. The lowest BCUT2D eigenvalue weighted by Crippen LogP contribution is -2.10. The minimum atomic E-state index is 0.213. The van der Waals surface area contributed by atoms with Gasteiger partial charge in [0.2, 0.25) is 0 Å². The first-order chi connectivity index (χ1) is 28.2. The van der Waals surface area contributed by atoms with Crippen LogP contribution in [0.5, 0.6) is 0 Å². The van der Waals surface area contributed by atoms with Crippen molar-refractivity contribution in [2.24, 2.45) is 0 Å². The highest BCUT2D eigenvalue weighted by molar-refractivity contribution is 8.00. The van der Waals surface area contributed by atoms with Gasteiger partial charge >= 0.3 is 0 Å². The minimum absolute atomic E-state index is 0.213. The van der Waals surface area contributed by atoms with Gasteiger partial charge in [-0.3, -0.25) is 0 Å². The Balaban J connectivity index is 1.08. The molecule has 1 aromatic heterocycles. The van der Waals surface area contributed by atoms with E-state index in [0.717, 1.165) is 17.1 Å². The molecule has 0 bridgehead atoms. The summed E-state index contributed by atoms with van der Waals surface area (Å²) in [5, 5.41) is 9.07. The highest BCUT2D eigenvalue weighted by atomic mass is 32.2. The van der Waals surface area contributed by atoms with Gasteiger partial charge in [-0.1, -0.05) is 163 Å². The molecule has 0 saturated heterocycles. The third-order valence-corrected chi connectivity index (χ3v) is 13.5. The Bertz CT molecular complexity index is 3060. The van der Waals surface area contributed by atoms with Crippen molar-refractivity contribution in [2.45, 2.75) is 10.3 Å². The lowest BCUT2D eigenvalue weighted by Gasteiger charge is -2.27. The van der Waals surface area contributed by atoms with Crippen LogP contribution in [-0.2, 0) is 0 Å². The van der Waals surface area contributed by atoms with Crippen LogP contribution in [0.3, 0.4) is 0 Å². The van der Waals surface area contributed by atoms with Gasteiger partial charge in [-0.05, 0) is 104 Å². The molecule has 1 atom stereocenters. The molecule has 0 aliphatic carbocycles. The van der Waals surface area contributed by atoms with E-state index < -0.39 is 0 Å². The molecular weight excluding hydrogens is 729 g/mol. The molecule has 270 valence electrons. The van der Waals surface area contributed by atoms with Crippen LogP contribution in [0.25, 0.3) is 64.3 Å². The average Bonchev–Trinajstić information content (AvgIpc) is 3.87. The molecule has 0 fully saturated rings. The summed E-state index contributed by atoms with van der Waals surface area (Å²) in [5.74, 6) is 0. The van der Waals surface area contributed by atoms with Gasteiger partial charge in [0, 0.05) is 42.1 Å². The molecular formula is C53H36N2S2. The highest BCUT2D eigenvalue weighted by Crippen LogP contribution is 2.51. The predicted molar refractivity (Wildman–Crippen MR) is 246 cm³/mol. The van der Waals surface area contributed by atoms with Crippen molar-refractivity contribution < 1.29 is 0 Å². The van der Waals surface area contributed by atoms with E-state index in [0.29, 0.717) is 0 Å². The van der Waals surface area contributed by atoms with E-state index in [1.54, 1.807) is 0 Å². The van der Waals surface area contributed by atoms with E-state index in [4.69, 9.17) is 0 Å². The Morgan fingerprint density at radius 1 is 0.404 bits per heavy atom. The van der Waals surface area contributed by atoms with Crippen molar-refractivity contribution in [1.82, 2.24) is 0 Å². The summed E-state index contributed by atoms with van der Waals surface area (Å²) in [4.78, 5) is 3.72. The fraction of sp³-hybridized carbons (Fsp3) is 0.0189. The second-order valence-electron chi connectivity index (χ2n) is 14.6. The van der Waals surface area contributed by atoms with Gasteiger partial charge in [-0.2, -0.15) is 0 Å². The summed E-state index contributed by atoms with van der Waals surface area (Å²) in [6.07, 6.45) is 0. The third kappa shape index (κ3) is 6.15. The van der Waals surface area contributed by atoms with Crippen molar-refractivity contribution in [3.8, 4) is 33.4 Å². The van der Waals surface area contributed by atoms with Crippen LogP contribution in [0.4, 0.5) is 22.7 Å². The zero-order chi connectivity index (χ0) is 37.7. The lowest BCUT2D eigenvalue weighted by atomic mass is 9.90. The van der Waals surface area contributed by atoms with Gasteiger partial charge in [0.1, 0.15) is 5.37 Å². The Hall–Kier alpha value is -6.59. The maximum Gasteiger partial charge on any atom is 0.103 e. The average molecular weight is 765 g/mol. The topological polar surface area (TPSA) is 15.3 Å². The monoisotopic (exact) mass is 764 g/mol. The van der Waals surface area contributed by atoms with Crippen LogP contribution < -0.4 is 10.2 Å². The highest BCUT2D eigenvalue weighted by Gasteiger charge is 2.25. The van der Waals surface area contributed by atoms with Gasteiger partial charge in [0.05, 0.1) is 5.69 Å². The number of thiophene rings is 1. The fourth-order valence-corrected chi connectivity index (χ4v) is 10.6. The fourth-order valence-electron chi connectivity index (χ4n) is 8.32. The maximum atomic E-state index is 3.78. The standard InChI is InChI=1S/C53H36N2S2/c1-4-13-35(14-5-1)36-23-25-40(26-24-36)55(41-27-29-45(46(31-41)38-15-6-2-7-16-38)44-22-12-20-37-17-10-11-21-43(37)44)42-28-30-50-47(32-42)48-33-52-49(34-51(48)56-50)54-53(57-52)39-18-8-3-9-19-39/h1-34,53-54H. The van der Waals surface area contributed by atoms with Gasteiger partial charge in [0.15, 0.2) is 0 Å². The summed E-state index contributed by atoms with van der Waals surface area (Å²) < 4.78 is 2.59. The van der Waals surface area contributed by atoms with E-state index in [2.05, 4.69) is 216 Å². The Kier molecular flexibility index (Phi) is 8.38. The van der Waals surface area contributed by atoms with Crippen LogP contribution in [0.15, 0.2) is 211 Å². The van der Waals surface area contributed by atoms with Crippen molar-refractivity contribution in [1.29, 1.82) is 0 Å². The van der Waals surface area contributed by atoms with Crippen molar-refractivity contribution in [2.75, 3.05) is 10.2 Å². The molecule has 2 heterocycles. The van der Waals surface area contributed by atoms with Crippen molar-refractivity contribution in [3.05, 3.63) is 212 Å². The zero-order valence-corrected chi connectivity index (χ0v) is 32.6. The van der Waals surface area contributed by atoms with E-state index in [9.17, 15) is 0 Å².